The molecule has 2 aromatic rings. The lowest BCUT2D eigenvalue weighted by molar-refractivity contribution is -0.117. The second kappa shape index (κ2) is 7.40. The third-order valence-electron chi connectivity index (χ3n) is 3.90. The fourth-order valence-electron chi connectivity index (χ4n) is 2.63. The molecule has 1 fully saturated rings. The molecule has 0 aliphatic carbocycles. The Labute approximate surface area is 145 Å². The van der Waals surface area contributed by atoms with Crippen LogP contribution < -0.4 is 15.5 Å². The zero-order valence-electron chi connectivity index (χ0n) is 13.1. The summed E-state index contributed by atoms with van der Waals surface area (Å²) in [5, 5.41) is 6.24. The van der Waals surface area contributed by atoms with Crippen molar-refractivity contribution < 1.29 is 9.18 Å². The van der Waals surface area contributed by atoms with Crippen molar-refractivity contribution in [3.63, 3.8) is 0 Å². The van der Waals surface area contributed by atoms with Crippen molar-refractivity contribution in [2.45, 2.75) is 19.4 Å². The smallest absolute Gasteiger partial charge is 0.227 e. The van der Waals surface area contributed by atoms with Gasteiger partial charge in [0.2, 0.25) is 5.91 Å². The molecular weight excluding hydrogens is 325 g/mol. The predicted octanol–water partition coefficient (Wildman–Crippen LogP) is 3.44. The molecule has 0 atom stereocenters. The maximum atomic E-state index is 13.6. The number of hydrogen-bond acceptors (Lipinski definition) is 2. The molecule has 0 spiro atoms. The minimum atomic E-state index is -0.346. The van der Waals surface area contributed by atoms with Gasteiger partial charge in [0.15, 0.2) is 5.11 Å². The van der Waals surface area contributed by atoms with Crippen LogP contribution in [-0.2, 0) is 11.3 Å². The Morgan fingerprint density at radius 3 is 2.58 bits per heavy atom. The average Bonchev–Trinajstić information content (AvgIpc) is 3.02. The SMILES string of the molecule is O=C1CCCN1c1ccc(CNC(=S)Nc2ccccc2F)cc1. The Morgan fingerprint density at radius 2 is 1.92 bits per heavy atom. The molecule has 1 heterocycles. The number of amides is 1. The minimum absolute atomic E-state index is 0.177. The number of carbonyl (C=O) groups is 1. The Morgan fingerprint density at radius 1 is 1.17 bits per heavy atom. The summed E-state index contributed by atoms with van der Waals surface area (Å²) in [6.07, 6.45) is 1.54. The van der Waals surface area contributed by atoms with Crippen LogP contribution in [0.3, 0.4) is 0 Å². The van der Waals surface area contributed by atoms with Crippen LogP contribution in [0, 0.1) is 5.82 Å². The van der Waals surface area contributed by atoms with Gasteiger partial charge in [-0.15, -0.1) is 0 Å². The molecule has 3 rings (SSSR count). The van der Waals surface area contributed by atoms with Gasteiger partial charge in [-0.05, 0) is 48.5 Å². The molecule has 0 saturated carbocycles. The first-order chi connectivity index (χ1) is 11.6. The van der Waals surface area contributed by atoms with Crippen molar-refractivity contribution in [1.29, 1.82) is 0 Å². The third kappa shape index (κ3) is 3.89. The van der Waals surface area contributed by atoms with E-state index in [2.05, 4.69) is 10.6 Å². The highest BCUT2D eigenvalue weighted by Crippen LogP contribution is 2.21. The van der Waals surface area contributed by atoms with Crippen LogP contribution in [0.5, 0.6) is 0 Å². The van der Waals surface area contributed by atoms with E-state index >= 15 is 0 Å². The molecule has 2 N–H and O–H groups in total. The van der Waals surface area contributed by atoms with E-state index in [0.29, 0.717) is 23.8 Å². The number of para-hydroxylation sites is 1. The Hall–Kier alpha value is -2.47. The Kier molecular flexibility index (Phi) is 5.05. The van der Waals surface area contributed by atoms with Gasteiger partial charge in [-0.2, -0.15) is 0 Å². The summed E-state index contributed by atoms with van der Waals surface area (Å²) in [6, 6.07) is 14.2. The Balaban J connectivity index is 1.54. The van der Waals surface area contributed by atoms with E-state index in [1.807, 2.05) is 29.2 Å². The number of anilines is 2. The highest BCUT2D eigenvalue weighted by atomic mass is 32.1. The van der Waals surface area contributed by atoms with E-state index in [4.69, 9.17) is 12.2 Å². The first-order valence-corrected chi connectivity index (χ1v) is 8.23. The highest BCUT2D eigenvalue weighted by molar-refractivity contribution is 7.80. The van der Waals surface area contributed by atoms with Gasteiger partial charge in [0.1, 0.15) is 5.82 Å². The number of rotatable bonds is 4. The van der Waals surface area contributed by atoms with Crippen molar-refractivity contribution in [3.05, 3.63) is 59.9 Å². The average molecular weight is 343 g/mol. The van der Waals surface area contributed by atoms with Crippen LogP contribution in [0.2, 0.25) is 0 Å². The molecule has 0 bridgehead atoms. The van der Waals surface area contributed by atoms with Crippen molar-refractivity contribution in [1.82, 2.24) is 5.32 Å². The fourth-order valence-corrected chi connectivity index (χ4v) is 2.81. The summed E-state index contributed by atoms with van der Waals surface area (Å²) >= 11 is 5.18. The van der Waals surface area contributed by atoms with Crippen LogP contribution in [0.4, 0.5) is 15.8 Å². The lowest BCUT2D eigenvalue weighted by Gasteiger charge is -2.16. The molecule has 4 nitrogen and oxygen atoms in total. The maximum absolute atomic E-state index is 13.6. The molecule has 2 aromatic carbocycles. The van der Waals surface area contributed by atoms with E-state index in [9.17, 15) is 9.18 Å². The third-order valence-corrected chi connectivity index (χ3v) is 4.14. The van der Waals surface area contributed by atoms with Crippen LogP contribution in [0.1, 0.15) is 18.4 Å². The van der Waals surface area contributed by atoms with Crippen molar-refractivity contribution in [3.8, 4) is 0 Å². The van der Waals surface area contributed by atoms with Crippen LogP contribution in [-0.4, -0.2) is 17.6 Å². The topological polar surface area (TPSA) is 44.4 Å². The zero-order valence-corrected chi connectivity index (χ0v) is 13.9. The maximum Gasteiger partial charge on any atom is 0.227 e. The van der Waals surface area contributed by atoms with Gasteiger partial charge in [0.25, 0.3) is 0 Å². The molecule has 1 aliphatic heterocycles. The zero-order chi connectivity index (χ0) is 16.9. The summed E-state index contributed by atoms with van der Waals surface area (Å²) in [5.41, 5.74) is 2.30. The number of hydrogen-bond donors (Lipinski definition) is 2. The van der Waals surface area contributed by atoms with E-state index in [1.165, 1.54) is 6.07 Å². The minimum Gasteiger partial charge on any atom is -0.358 e. The standard InChI is InChI=1S/C18H18FN3OS/c19-15-4-1-2-5-16(15)21-18(24)20-12-13-7-9-14(10-8-13)22-11-3-6-17(22)23/h1-2,4-5,7-10H,3,6,11-12H2,(H2,20,21,24). The molecule has 1 amide bonds. The van der Waals surface area contributed by atoms with Crippen LogP contribution in [0.15, 0.2) is 48.5 Å². The van der Waals surface area contributed by atoms with Gasteiger partial charge in [0.05, 0.1) is 5.69 Å². The van der Waals surface area contributed by atoms with E-state index in [-0.39, 0.29) is 11.7 Å². The number of carbonyl (C=O) groups excluding carboxylic acids is 1. The molecular formula is C18H18FN3OS. The Bertz CT molecular complexity index is 748. The van der Waals surface area contributed by atoms with Crippen LogP contribution in [0.25, 0.3) is 0 Å². The normalized spacial score (nSPS) is 13.9. The molecule has 1 saturated heterocycles. The quantitative estimate of drug-likeness (QED) is 0.835. The molecule has 1 aliphatic rings. The molecule has 0 radical (unpaired) electrons. The number of halogens is 1. The summed E-state index contributed by atoms with van der Waals surface area (Å²) in [5.74, 6) is -0.169. The van der Waals surface area contributed by atoms with Gasteiger partial charge < -0.3 is 15.5 Å². The number of thiocarbonyl (C=S) groups is 1. The van der Waals surface area contributed by atoms with E-state index in [0.717, 1.165) is 24.2 Å². The fraction of sp³-hybridized carbons (Fsp3) is 0.222. The molecule has 0 aromatic heterocycles. The van der Waals surface area contributed by atoms with Gasteiger partial charge >= 0.3 is 0 Å². The second-order valence-corrected chi connectivity index (χ2v) is 6.01. The van der Waals surface area contributed by atoms with Gasteiger partial charge in [-0.1, -0.05) is 24.3 Å². The van der Waals surface area contributed by atoms with Gasteiger partial charge in [-0.25, -0.2) is 4.39 Å². The van der Waals surface area contributed by atoms with Crippen molar-refractivity contribution in [2.24, 2.45) is 0 Å². The lowest BCUT2D eigenvalue weighted by atomic mass is 10.2. The van der Waals surface area contributed by atoms with Crippen molar-refractivity contribution >= 4 is 34.6 Å². The molecule has 0 unspecified atom stereocenters. The second-order valence-electron chi connectivity index (χ2n) is 5.60. The molecule has 124 valence electrons. The summed E-state index contributed by atoms with van der Waals surface area (Å²) < 4.78 is 13.6. The van der Waals surface area contributed by atoms with Gasteiger partial charge in [0, 0.05) is 25.2 Å². The number of nitrogens with zero attached hydrogens (tertiary/aromatic N) is 1. The van der Waals surface area contributed by atoms with Crippen LogP contribution >= 0.6 is 12.2 Å². The van der Waals surface area contributed by atoms with Gasteiger partial charge in [-0.3, -0.25) is 4.79 Å². The summed E-state index contributed by atoms with van der Waals surface area (Å²) in [6.45, 7) is 1.31. The molecule has 24 heavy (non-hydrogen) atoms. The van der Waals surface area contributed by atoms with E-state index in [1.54, 1.807) is 18.2 Å². The largest absolute Gasteiger partial charge is 0.358 e. The highest BCUT2D eigenvalue weighted by Gasteiger charge is 2.21. The lowest BCUT2D eigenvalue weighted by Crippen LogP contribution is -2.28. The number of nitrogens with one attached hydrogen (secondary N) is 2. The monoisotopic (exact) mass is 343 g/mol. The number of benzene rings is 2. The first kappa shape index (κ1) is 16.4. The predicted molar refractivity (Wildman–Crippen MR) is 97.5 cm³/mol. The summed E-state index contributed by atoms with van der Waals surface area (Å²) in [7, 11) is 0. The van der Waals surface area contributed by atoms with E-state index < -0.39 is 0 Å². The molecule has 6 heteroatoms. The van der Waals surface area contributed by atoms with Crippen molar-refractivity contribution in [2.75, 3.05) is 16.8 Å². The summed E-state index contributed by atoms with van der Waals surface area (Å²) in [4.78, 5) is 13.5. The first-order valence-electron chi connectivity index (χ1n) is 7.82.